The number of fused-ring (bicyclic) bond motifs is 1. The van der Waals surface area contributed by atoms with E-state index in [9.17, 15) is 0 Å². The minimum atomic E-state index is 0.512. The first kappa shape index (κ1) is 16.0. The van der Waals surface area contributed by atoms with Gasteiger partial charge in [0.25, 0.3) is 0 Å². The number of aliphatic imine (C=N–C) groups is 2. The number of nitrogens with zero attached hydrogens (tertiary/aromatic N) is 3. The molecule has 1 aromatic carbocycles. The lowest BCUT2D eigenvalue weighted by Gasteiger charge is -2.30. The minimum absolute atomic E-state index is 0.512. The topological polar surface area (TPSA) is 66.0 Å². The van der Waals surface area contributed by atoms with Gasteiger partial charge in [0.15, 0.2) is 0 Å². The van der Waals surface area contributed by atoms with E-state index >= 15 is 0 Å². The second-order valence-electron chi connectivity index (χ2n) is 5.12. The normalized spacial score (nSPS) is 16.0. The van der Waals surface area contributed by atoms with Crippen molar-refractivity contribution in [3.63, 3.8) is 0 Å². The van der Waals surface area contributed by atoms with Gasteiger partial charge in [-0.15, -0.1) is 0 Å². The van der Waals surface area contributed by atoms with Crippen LogP contribution in [0.15, 0.2) is 58.3 Å². The van der Waals surface area contributed by atoms with Crippen LogP contribution in [0, 0.1) is 0 Å². The Morgan fingerprint density at radius 1 is 1.41 bits per heavy atom. The smallest absolute Gasteiger partial charge is 0.148 e. The van der Waals surface area contributed by atoms with Crippen LogP contribution in [-0.2, 0) is 13.0 Å². The number of hydrogen-bond acceptors (Lipinski definition) is 4. The highest BCUT2D eigenvalue weighted by molar-refractivity contribution is 5.96. The molecule has 0 aromatic heterocycles. The van der Waals surface area contributed by atoms with Gasteiger partial charge in [0.1, 0.15) is 5.84 Å². The Labute approximate surface area is 131 Å². The summed E-state index contributed by atoms with van der Waals surface area (Å²) in [7, 11) is 0. The molecular weight excluding hydrogens is 274 g/mol. The molecular formula is C17H23N5. The maximum atomic E-state index is 6.04. The summed E-state index contributed by atoms with van der Waals surface area (Å²) in [4.78, 5) is 8.03. The van der Waals surface area contributed by atoms with Crippen molar-refractivity contribution in [3.05, 3.63) is 59.4 Å². The van der Waals surface area contributed by atoms with Gasteiger partial charge < -0.3 is 11.2 Å². The second kappa shape index (κ2) is 7.56. The standard InChI is InChI=1S/C17H23N5/c1-4-20-17(19-3)11-16(18)13(2)21-22-10-9-14-7-5-6-8-15(14)12-22/h5-8,11,21H,2-4,9-10,12,18H2,1H3. The Hall–Kier alpha value is -2.40. The minimum Gasteiger partial charge on any atom is -0.397 e. The van der Waals surface area contributed by atoms with E-state index in [-0.39, 0.29) is 0 Å². The molecule has 0 unspecified atom stereocenters. The van der Waals surface area contributed by atoms with Crippen molar-refractivity contribution < 1.29 is 0 Å². The number of hydrogen-bond donors (Lipinski definition) is 2. The van der Waals surface area contributed by atoms with E-state index < -0.39 is 0 Å². The van der Waals surface area contributed by atoms with Crippen molar-refractivity contribution in [2.75, 3.05) is 13.1 Å². The summed E-state index contributed by atoms with van der Waals surface area (Å²) in [6.07, 6.45) is 2.69. The molecule has 0 amide bonds. The van der Waals surface area contributed by atoms with E-state index in [4.69, 9.17) is 5.73 Å². The molecule has 3 N–H and O–H groups in total. The zero-order chi connectivity index (χ0) is 15.9. The van der Waals surface area contributed by atoms with Crippen molar-refractivity contribution in [3.8, 4) is 0 Å². The fourth-order valence-electron chi connectivity index (χ4n) is 2.38. The molecule has 1 aliphatic rings. The van der Waals surface area contributed by atoms with Crippen LogP contribution in [0.3, 0.4) is 0 Å². The Morgan fingerprint density at radius 3 is 2.82 bits per heavy atom. The molecule has 1 aromatic rings. The van der Waals surface area contributed by atoms with Crippen LogP contribution in [0.1, 0.15) is 18.1 Å². The van der Waals surface area contributed by atoms with E-state index in [2.05, 4.69) is 58.0 Å². The first-order valence-corrected chi connectivity index (χ1v) is 7.40. The molecule has 0 fully saturated rings. The number of rotatable bonds is 5. The second-order valence-corrected chi connectivity index (χ2v) is 5.12. The molecule has 5 heteroatoms. The molecule has 0 saturated carbocycles. The summed E-state index contributed by atoms with van der Waals surface area (Å²) in [5, 5.41) is 2.11. The van der Waals surface area contributed by atoms with Gasteiger partial charge >= 0.3 is 0 Å². The van der Waals surface area contributed by atoms with Gasteiger partial charge in [-0.25, -0.2) is 10.0 Å². The van der Waals surface area contributed by atoms with Gasteiger partial charge in [0.05, 0.1) is 11.4 Å². The van der Waals surface area contributed by atoms with E-state index in [1.165, 1.54) is 11.1 Å². The summed E-state index contributed by atoms with van der Waals surface area (Å²) in [6, 6.07) is 8.48. The molecule has 116 valence electrons. The molecule has 2 rings (SSSR count). The molecule has 22 heavy (non-hydrogen) atoms. The third kappa shape index (κ3) is 4.05. The fraction of sp³-hybridized carbons (Fsp3) is 0.294. The summed E-state index contributed by atoms with van der Waals surface area (Å²) >= 11 is 0. The zero-order valence-electron chi connectivity index (χ0n) is 13.0. The first-order chi connectivity index (χ1) is 10.6. The van der Waals surface area contributed by atoms with Gasteiger partial charge in [0.2, 0.25) is 0 Å². The van der Waals surface area contributed by atoms with Gasteiger partial charge in [0, 0.05) is 25.7 Å². The molecule has 5 nitrogen and oxygen atoms in total. The maximum Gasteiger partial charge on any atom is 0.148 e. The van der Waals surface area contributed by atoms with Crippen LogP contribution in [0.4, 0.5) is 0 Å². The molecule has 0 saturated heterocycles. The van der Waals surface area contributed by atoms with E-state index in [1.54, 1.807) is 6.08 Å². The lowest BCUT2D eigenvalue weighted by atomic mass is 10.0. The predicted octanol–water partition coefficient (Wildman–Crippen LogP) is 2.02. The predicted molar refractivity (Wildman–Crippen MR) is 92.6 cm³/mol. The third-order valence-electron chi connectivity index (χ3n) is 3.54. The van der Waals surface area contributed by atoms with Crippen LogP contribution in [0.25, 0.3) is 0 Å². The van der Waals surface area contributed by atoms with Gasteiger partial charge in [-0.3, -0.25) is 4.99 Å². The summed E-state index contributed by atoms with van der Waals surface area (Å²) in [5.74, 6) is 0.520. The average molecular weight is 297 g/mol. The van der Waals surface area contributed by atoms with Crippen LogP contribution < -0.4 is 11.2 Å². The van der Waals surface area contributed by atoms with Crippen molar-refractivity contribution in [2.24, 2.45) is 15.7 Å². The number of hydrazine groups is 1. The summed E-state index contributed by atoms with van der Waals surface area (Å²) in [6.45, 7) is 11.8. The molecule has 0 bridgehead atoms. The highest BCUT2D eigenvalue weighted by atomic mass is 15.5. The number of amidine groups is 1. The molecule has 0 radical (unpaired) electrons. The summed E-state index contributed by atoms with van der Waals surface area (Å²) < 4.78 is 0. The SMILES string of the molecule is C=NC(C=C(N)C(=C)NN1CCc2ccccc2C1)=NCC. The Morgan fingerprint density at radius 2 is 2.14 bits per heavy atom. The van der Waals surface area contributed by atoms with E-state index in [0.29, 0.717) is 23.8 Å². The molecule has 1 heterocycles. The number of nitrogens with two attached hydrogens (primary N) is 1. The van der Waals surface area contributed by atoms with Crippen molar-refractivity contribution >= 4 is 12.6 Å². The van der Waals surface area contributed by atoms with E-state index in [0.717, 1.165) is 19.5 Å². The van der Waals surface area contributed by atoms with Gasteiger partial charge in [-0.2, -0.15) is 0 Å². The fourth-order valence-corrected chi connectivity index (χ4v) is 2.38. The highest BCUT2D eigenvalue weighted by Gasteiger charge is 2.16. The average Bonchev–Trinajstić information content (AvgIpc) is 2.54. The van der Waals surface area contributed by atoms with Crippen LogP contribution in [0.2, 0.25) is 0 Å². The Balaban J connectivity index is 1.99. The first-order valence-electron chi connectivity index (χ1n) is 7.40. The van der Waals surface area contributed by atoms with Crippen molar-refractivity contribution in [1.82, 2.24) is 10.4 Å². The van der Waals surface area contributed by atoms with Crippen LogP contribution in [-0.4, -0.2) is 30.7 Å². The largest absolute Gasteiger partial charge is 0.397 e. The summed E-state index contributed by atoms with van der Waals surface area (Å²) in [5.41, 5.74) is 13.2. The zero-order valence-corrected chi connectivity index (χ0v) is 13.0. The highest BCUT2D eigenvalue weighted by Crippen LogP contribution is 2.17. The molecule has 0 aliphatic carbocycles. The quantitative estimate of drug-likeness (QED) is 0.496. The maximum absolute atomic E-state index is 6.04. The number of nitrogens with one attached hydrogen (secondary N) is 1. The third-order valence-corrected chi connectivity index (χ3v) is 3.54. The van der Waals surface area contributed by atoms with Gasteiger partial charge in [-0.1, -0.05) is 30.8 Å². The van der Waals surface area contributed by atoms with Crippen molar-refractivity contribution in [1.29, 1.82) is 0 Å². The number of benzene rings is 1. The van der Waals surface area contributed by atoms with Gasteiger partial charge in [-0.05, 0) is 31.2 Å². The molecule has 1 aliphatic heterocycles. The van der Waals surface area contributed by atoms with Crippen LogP contribution in [0.5, 0.6) is 0 Å². The lowest BCUT2D eigenvalue weighted by Crippen LogP contribution is -2.41. The molecule has 0 spiro atoms. The lowest BCUT2D eigenvalue weighted by molar-refractivity contribution is 0.195. The Bertz CT molecular complexity index is 615. The monoisotopic (exact) mass is 297 g/mol. The van der Waals surface area contributed by atoms with Crippen molar-refractivity contribution in [2.45, 2.75) is 19.9 Å². The Kier molecular flexibility index (Phi) is 5.49. The molecule has 0 atom stereocenters. The van der Waals surface area contributed by atoms with Crippen LogP contribution >= 0.6 is 0 Å². The van der Waals surface area contributed by atoms with E-state index in [1.807, 2.05) is 6.92 Å².